The molecule has 5 aromatic rings. The summed E-state index contributed by atoms with van der Waals surface area (Å²) in [6.07, 6.45) is 0. The van der Waals surface area contributed by atoms with Gasteiger partial charge in [0.25, 0.3) is 5.91 Å². The number of hydrazine groups is 1. The number of rotatable bonds is 5. The maximum absolute atomic E-state index is 13.7. The highest BCUT2D eigenvalue weighted by atomic mass is 16.2. The lowest BCUT2D eigenvalue weighted by atomic mass is 9.77. The van der Waals surface area contributed by atoms with Gasteiger partial charge in [-0.3, -0.25) is 10.2 Å². The molecule has 0 spiro atoms. The van der Waals surface area contributed by atoms with E-state index in [-0.39, 0.29) is 22.8 Å². The van der Waals surface area contributed by atoms with Crippen molar-refractivity contribution in [1.82, 2.24) is 20.8 Å². The summed E-state index contributed by atoms with van der Waals surface area (Å²) in [6.45, 7) is 12.8. The largest absolute Gasteiger partial charge is 0.358 e. The van der Waals surface area contributed by atoms with Crippen LogP contribution in [-0.2, 0) is 5.41 Å². The fourth-order valence-electron chi connectivity index (χ4n) is 5.13. The molecule has 0 aliphatic heterocycles. The number of aromatic nitrogens is 2. The van der Waals surface area contributed by atoms with Gasteiger partial charge >= 0.3 is 0 Å². The Morgan fingerprint density at radius 2 is 1.24 bits per heavy atom. The average Bonchev–Trinajstić information content (AvgIpc) is 3.43. The summed E-state index contributed by atoms with van der Waals surface area (Å²) in [6, 6.07) is 27.2. The molecule has 0 saturated heterocycles. The predicted molar refractivity (Wildman–Crippen MR) is 153 cm³/mol. The van der Waals surface area contributed by atoms with Gasteiger partial charge in [-0.2, -0.15) is 0 Å². The quantitative estimate of drug-likeness (QED) is 0.197. The van der Waals surface area contributed by atoms with Crippen LogP contribution in [0, 0.1) is 0 Å². The number of benzene rings is 3. The second-order valence-electron chi connectivity index (χ2n) is 11.8. The van der Waals surface area contributed by atoms with Crippen LogP contribution < -0.4 is 10.9 Å². The number of carbonyl (C=O) groups excluding carboxylic acids is 1. The Morgan fingerprint density at radius 3 is 1.84 bits per heavy atom. The number of nitrogens with one attached hydrogen (secondary N) is 4. The first kappa shape index (κ1) is 24.8. The second-order valence-corrected chi connectivity index (χ2v) is 11.8. The van der Waals surface area contributed by atoms with E-state index < -0.39 is 0 Å². The van der Waals surface area contributed by atoms with E-state index in [9.17, 15) is 4.79 Å². The summed E-state index contributed by atoms with van der Waals surface area (Å²) >= 11 is 0. The van der Waals surface area contributed by atoms with Crippen LogP contribution in [0.5, 0.6) is 0 Å². The number of H-pyrrole nitrogens is 2. The molecule has 1 atom stereocenters. The Morgan fingerprint density at radius 1 is 0.703 bits per heavy atom. The van der Waals surface area contributed by atoms with Crippen LogP contribution in [0.4, 0.5) is 0 Å². The second kappa shape index (κ2) is 9.24. The van der Waals surface area contributed by atoms with Gasteiger partial charge in [-0.1, -0.05) is 87.5 Å². The minimum atomic E-state index is -0.267. The Labute approximate surface area is 218 Å². The van der Waals surface area contributed by atoms with Crippen molar-refractivity contribution in [3.63, 3.8) is 0 Å². The minimum absolute atomic E-state index is 0.135. The van der Waals surface area contributed by atoms with Gasteiger partial charge in [-0.15, -0.1) is 0 Å². The number of carbonyl (C=O) groups is 1. The molecular formula is C32H36N4O. The van der Waals surface area contributed by atoms with Gasteiger partial charge in [0.2, 0.25) is 0 Å². The third kappa shape index (κ3) is 4.79. The SMILES string of the molecule is CC(C)(C)NNC(=O)c1[nH]c2ccccc2c1C(c1ccccc1)c1c(C(C)(C)C)[nH]c2ccccc12. The molecule has 2 heterocycles. The number of hydrogen-bond acceptors (Lipinski definition) is 2. The molecule has 37 heavy (non-hydrogen) atoms. The average molecular weight is 493 g/mol. The van der Waals surface area contributed by atoms with Crippen molar-refractivity contribution in [1.29, 1.82) is 0 Å². The highest BCUT2D eigenvalue weighted by Crippen LogP contribution is 2.45. The van der Waals surface area contributed by atoms with E-state index in [1.165, 1.54) is 16.6 Å². The number of hydrogen-bond donors (Lipinski definition) is 4. The fourth-order valence-corrected chi connectivity index (χ4v) is 5.13. The van der Waals surface area contributed by atoms with E-state index in [2.05, 4.69) is 96.2 Å². The first-order chi connectivity index (χ1) is 17.5. The lowest BCUT2D eigenvalue weighted by Crippen LogP contribution is -2.49. The molecule has 3 aromatic carbocycles. The molecule has 0 bridgehead atoms. The van der Waals surface area contributed by atoms with Crippen LogP contribution in [-0.4, -0.2) is 21.4 Å². The summed E-state index contributed by atoms with van der Waals surface area (Å²) in [5.41, 5.74) is 12.8. The maximum Gasteiger partial charge on any atom is 0.282 e. The molecule has 4 N–H and O–H groups in total. The molecule has 1 amide bonds. The van der Waals surface area contributed by atoms with E-state index in [0.29, 0.717) is 5.69 Å². The van der Waals surface area contributed by atoms with E-state index >= 15 is 0 Å². The Kier molecular flexibility index (Phi) is 6.20. The zero-order valence-electron chi connectivity index (χ0n) is 22.5. The molecule has 5 heteroatoms. The molecule has 5 nitrogen and oxygen atoms in total. The van der Waals surface area contributed by atoms with Crippen LogP contribution in [0.1, 0.15) is 80.3 Å². The third-order valence-corrected chi connectivity index (χ3v) is 6.73. The zero-order valence-corrected chi connectivity index (χ0v) is 22.5. The summed E-state index contributed by atoms with van der Waals surface area (Å²) in [4.78, 5) is 20.9. The van der Waals surface area contributed by atoms with Gasteiger partial charge in [0.15, 0.2) is 0 Å². The number of para-hydroxylation sites is 2. The fraction of sp³-hybridized carbons (Fsp3) is 0.281. The Bertz CT molecular complexity index is 1560. The highest BCUT2D eigenvalue weighted by molar-refractivity contribution is 6.02. The lowest BCUT2D eigenvalue weighted by Gasteiger charge is -2.26. The summed E-state index contributed by atoms with van der Waals surface area (Å²) in [7, 11) is 0. The maximum atomic E-state index is 13.7. The van der Waals surface area contributed by atoms with Gasteiger partial charge in [-0.05, 0) is 44.0 Å². The number of amides is 1. The lowest BCUT2D eigenvalue weighted by molar-refractivity contribution is 0.0909. The molecule has 190 valence electrons. The van der Waals surface area contributed by atoms with Crippen molar-refractivity contribution < 1.29 is 4.79 Å². The molecule has 0 radical (unpaired) electrons. The molecule has 5 rings (SSSR count). The van der Waals surface area contributed by atoms with Crippen molar-refractivity contribution in [2.75, 3.05) is 0 Å². The van der Waals surface area contributed by atoms with Crippen LogP contribution in [0.25, 0.3) is 21.8 Å². The van der Waals surface area contributed by atoms with Crippen molar-refractivity contribution in [2.45, 2.75) is 58.4 Å². The molecule has 0 fully saturated rings. The van der Waals surface area contributed by atoms with E-state index in [1.807, 2.05) is 45.0 Å². The van der Waals surface area contributed by atoms with Crippen LogP contribution >= 0.6 is 0 Å². The molecule has 1 unspecified atom stereocenters. The van der Waals surface area contributed by atoms with E-state index in [4.69, 9.17) is 0 Å². The van der Waals surface area contributed by atoms with Crippen LogP contribution in [0.2, 0.25) is 0 Å². The number of aromatic amines is 2. The molecule has 2 aromatic heterocycles. The van der Waals surface area contributed by atoms with Gasteiger partial charge < -0.3 is 9.97 Å². The normalized spacial score (nSPS) is 13.2. The van der Waals surface area contributed by atoms with E-state index in [0.717, 1.165) is 27.5 Å². The summed E-state index contributed by atoms with van der Waals surface area (Å²) < 4.78 is 0. The predicted octanol–water partition coefficient (Wildman–Crippen LogP) is 7.16. The smallest absolute Gasteiger partial charge is 0.282 e. The van der Waals surface area contributed by atoms with Gasteiger partial charge in [-0.25, -0.2) is 5.43 Å². The van der Waals surface area contributed by atoms with Crippen molar-refractivity contribution in [3.05, 3.63) is 107 Å². The Hall–Kier alpha value is -3.83. The standard InChI is InChI=1S/C32H36N4O/c1-31(2,3)29-27(22-17-11-13-19-24(22)34-29)25(20-14-8-7-9-15-20)26-21-16-10-12-18-23(21)33-28(26)30(37)35-36-32(4,5)6/h7-19,25,33-34,36H,1-6H3,(H,35,37). The van der Waals surface area contributed by atoms with E-state index in [1.54, 1.807) is 0 Å². The summed E-state index contributed by atoms with van der Waals surface area (Å²) in [5.74, 6) is -0.350. The first-order valence-electron chi connectivity index (χ1n) is 12.9. The third-order valence-electron chi connectivity index (χ3n) is 6.73. The minimum Gasteiger partial charge on any atom is -0.358 e. The Balaban J connectivity index is 1.84. The van der Waals surface area contributed by atoms with Crippen LogP contribution in [0.15, 0.2) is 78.9 Å². The van der Waals surface area contributed by atoms with Crippen molar-refractivity contribution >= 4 is 27.7 Å². The molecular weight excluding hydrogens is 456 g/mol. The topological polar surface area (TPSA) is 72.7 Å². The zero-order chi connectivity index (χ0) is 26.4. The molecule has 0 aliphatic rings. The first-order valence-corrected chi connectivity index (χ1v) is 12.9. The van der Waals surface area contributed by atoms with Gasteiger partial charge in [0.05, 0.1) is 0 Å². The van der Waals surface area contributed by atoms with Gasteiger partial charge in [0.1, 0.15) is 5.69 Å². The highest BCUT2D eigenvalue weighted by Gasteiger charge is 2.34. The summed E-state index contributed by atoms with van der Waals surface area (Å²) in [5, 5.41) is 2.22. The van der Waals surface area contributed by atoms with Crippen molar-refractivity contribution in [2.24, 2.45) is 0 Å². The van der Waals surface area contributed by atoms with Gasteiger partial charge in [0, 0.05) is 49.9 Å². The number of fused-ring (bicyclic) bond motifs is 2. The van der Waals surface area contributed by atoms with Crippen LogP contribution in [0.3, 0.4) is 0 Å². The molecule has 0 aliphatic carbocycles. The monoisotopic (exact) mass is 492 g/mol. The molecule has 0 saturated carbocycles. The van der Waals surface area contributed by atoms with Crippen molar-refractivity contribution in [3.8, 4) is 0 Å².